The Morgan fingerprint density at radius 2 is 1.56 bits per heavy atom. The molecule has 4 nitrogen and oxygen atoms in total. The fourth-order valence-electron chi connectivity index (χ4n) is 3.35. The number of hydrogen-bond acceptors (Lipinski definition) is 2. The van der Waals surface area contributed by atoms with E-state index < -0.39 is 6.04 Å². The highest BCUT2D eigenvalue weighted by Crippen LogP contribution is 2.24. The number of halogens is 2. The first kappa shape index (κ1) is 26.2. The zero-order valence-corrected chi connectivity index (χ0v) is 21.1. The molecule has 2 rings (SSSR count). The molecule has 0 unspecified atom stereocenters. The van der Waals surface area contributed by atoms with E-state index in [0.717, 1.165) is 17.5 Å². The Balaban J connectivity index is 2.16. The average Bonchev–Trinajstić information content (AvgIpc) is 2.77. The molecule has 2 atom stereocenters. The smallest absolute Gasteiger partial charge is 0.242 e. The topological polar surface area (TPSA) is 49.4 Å². The number of benzene rings is 2. The summed E-state index contributed by atoms with van der Waals surface area (Å²) in [5, 5.41) is 3.87. The lowest BCUT2D eigenvalue weighted by atomic mass is 10.00. The predicted molar refractivity (Wildman–Crippen MR) is 133 cm³/mol. The van der Waals surface area contributed by atoms with E-state index in [-0.39, 0.29) is 24.4 Å². The summed E-state index contributed by atoms with van der Waals surface area (Å²) in [5.74, 6) is 0.238. The number of rotatable bonds is 10. The second-order valence-corrected chi connectivity index (χ2v) is 9.47. The standard InChI is InChI=1S/C26H34Cl2N2O2/c1-6-18(4)29-26(32)19(5)30(16-21-9-13-23(27)24(28)15-21)25(31)14-10-20-7-11-22(12-8-20)17(2)3/h7-9,11-13,15,17-19H,6,10,14,16H2,1-5H3,(H,29,32)/t18-,19+/m1/s1. The first-order valence-corrected chi connectivity index (χ1v) is 12.0. The highest BCUT2D eigenvalue weighted by molar-refractivity contribution is 6.42. The van der Waals surface area contributed by atoms with E-state index >= 15 is 0 Å². The number of aryl methyl sites for hydroxylation is 1. The van der Waals surface area contributed by atoms with Gasteiger partial charge in [0.1, 0.15) is 6.04 Å². The van der Waals surface area contributed by atoms with Gasteiger partial charge >= 0.3 is 0 Å². The SMILES string of the molecule is CC[C@@H](C)NC(=O)[C@H](C)N(Cc1ccc(Cl)c(Cl)c1)C(=O)CCc1ccc(C(C)C)cc1. The van der Waals surface area contributed by atoms with Crippen LogP contribution in [0.15, 0.2) is 42.5 Å². The maximum atomic E-state index is 13.2. The van der Waals surface area contributed by atoms with Crippen molar-refractivity contribution < 1.29 is 9.59 Å². The molecule has 6 heteroatoms. The van der Waals surface area contributed by atoms with Crippen molar-refractivity contribution in [1.82, 2.24) is 10.2 Å². The average molecular weight is 477 g/mol. The molecule has 0 spiro atoms. The fourth-order valence-corrected chi connectivity index (χ4v) is 3.67. The third kappa shape index (κ3) is 7.53. The van der Waals surface area contributed by atoms with Crippen LogP contribution in [-0.4, -0.2) is 28.8 Å². The fraction of sp³-hybridized carbons (Fsp3) is 0.462. The minimum atomic E-state index is -0.603. The summed E-state index contributed by atoms with van der Waals surface area (Å²) in [6, 6.07) is 13.1. The summed E-state index contributed by atoms with van der Waals surface area (Å²) in [4.78, 5) is 27.7. The van der Waals surface area contributed by atoms with E-state index in [1.165, 1.54) is 5.56 Å². The number of hydrogen-bond donors (Lipinski definition) is 1. The van der Waals surface area contributed by atoms with Crippen molar-refractivity contribution in [2.75, 3.05) is 0 Å². The largest absolute Gasteiger partial charge is 0.352 e. The number of carbonyl (C=O) groups excluding carboxylic acids is 2. The van der Waals surface area contributed by atoms with Crippen LogP contribution in [0, 0.1) is 0 Å². The van der Waals surface area contributed by atoms with Crippen molar-refractivity contribution in [3.63, 3.8) is 0 Å². The quantitative estimate of drug-likeness (QED) is 0.432. The summed E-state index contributed by atoms with van der Waals surface area (Å²) in [6.45, 7) is 10.3. The van der Waals surface area contributed by atoms with Crippen molar-refractivity contribution in [2.24, 2.45) is 0 Å². The first-order valence-electron chi connectivity index (χ1n) is 11.2. The molecule has 2 amide bonds. The maximum Gasteiger partial charge on any atom is 0.242 e. The number of amides is 2. The van der Waals surface area contributed by atoms with Gasteiger partial charge in [0, 0.05) is 19.0 Å². The lowest BCUT2D eigenvalue weighted by molar-refractivity contribution is -0.140. The van der Waals surface area contributed by atoms with Crippen molar-refractivity contribution in [3.05, 3.63) is 69.2 Å². The molecule has 2 aromatic carbocycles. The van der Waals surface area contributed by atoms with Gasteiger partial charge < -0.3 is 10.2 Å². The Bertz CT molecular complexity index is 913. The van der Waals surface area contributed by atoms with Crippen LogP contribution in [0.1, 0.15) is 70.1 Å². The van der Waals surface area contributed by atoms with Crippen LogP contribution in [0.4, 0.5) is 0 Å². The van der Waals surface area contributed by atoms with Crippen LogP contribution in [0.5, 0.6) is 0 Å². The molecule has 0 heterocycles. The van der Waals surface area contributed by atoms with Gasteiger partial charge in [-0.3, -0.25) is 9.59 Å². The second kappa shape index (κ2) is 12.3. The molecule has 1 N–H and O–H groups in total. The summed E-state index contributed by atoms with van der Waals surface area (Å²) >= 11 is 12.2. The molecule has 0 saturated heterocycles. The Morgan fingerprint density at radius 3 is 2.12 bits per heavy atom. The molecule has 174 valence electrons. The molecule has 0 bridgehead atoms. The normalized spacial score (nSPS) is 13.0. The molecule has 0 fully saturated rings. The van der Waals surface area contributed by atoms with E-state index in [9.17, 15) is 9.59 Å². The van der Waals surface area contributed by atoms with Gasteiger partial charge in [-0.1, -0.05) is 74.3 Å². The Labute approximate surface area is 202 Å². The molecule has 0 aliphatic carbocycles. The van der Waals surface area contributed by atoms with E-state index in [4.69, 9.17) is 23.2 Å². The molecular weight excluding hydrogens is 443 g/mol. The second-order valence-electron chi connectivity index (χ2n) is 8.66. The lowest BCUT2D eigenvalue weighted by Crippen LogP contribution is -2.49. The zero-order chi connectivity index (χ0) is 23.8. The summed E-state index contributed by atoms with van der Waals surface area (Å²) < 4.78 is 0. The van der Waals surface area contributed by atoms with Crippen LogP contribution >= 0.6 is 23.2 Å². The lowest BCUT2D eigenvalue weighted by Gasteiger charge is -2.30. The van der Waals surface area contributed by atoms with Crippen LogP contribution in [0.25, 0.3) is 0 Å². The third-order valence-electron chi connectivity index (χ3n) is 5.78. The molecule has 0 radical (unpaired) electrons. The van der Waals surface area contributed by atoms with Crippen LogP contribution < -0.4 is 5.32 Å². The van der Waals surface area contributed by atoms with Crippen molar-refractivity contribution in [1.29, 1.82) is 0 Å². The Morgan fingerprint density at radius 1 is 0.938 bits per heavy atom. The monoisotopic (exact) mass is 476 g/mol. The highest BCUT2D eigenvalue weighted by Gasteiger charge is 2.26. The minimum Gasteiger partial charge on any atom is -0.352 e. The van der Waals surface area contributed by atoms with E-state index in [2.05, 4.69) is 43.4 Å². The van der Waals surface area contributed by atoms with Crippen molar-refractivity contribution in [3.8, 4) is 0 Å². The van der Waals surface area contributed by atoms with E-state index in [1.807, 2.05) is 19.9 Å². The van der Waals surface area contributed by atoms with Gasteiger partial charge in [0.15, 0.2) is 0 Å². The van der Waals surface area contributed by atoms with Crippen LogP contribution in [0.3, 0.4) is 0 Å². The van der Waals surface area contributed by atoms with Crippen LogP contribution in [-0.2, 0) is 22.6 Å². The van der Waals surface area contributed by atoms with Gasteiger partial charge in [-0.05, 0) is 61.4 Å². The van der Waals surface area contributed by atoms with Gasteiger partial charge in [0.25, 0.3) is 0 Å². The molecular formula is C26H34Cl2N2O2. The highest BCUT2D eigenvalue weighted by atomic mass is 35.5. The molecule has 2 aromatic rings. The first-order chi connectivity index (χ1) is 15.1. The number of nitrogens with zero attached hydrogens (tertiary/aromatic N) is 1. The van der Waals surface area contributed by atoms with Gasteiger partial charge in [-0.2, -0.15) is 0 Å². The van der Waals surface area contributed by atoms with Gasteiger partial charge in [-0.25, -0.2) is 0 Å². The molecule has 0 aliphatic rings. The summed E-state index contributed by atoms with van der Waals surface area (Å²) in [5.41, 5.74) is 3.21. The third-order valence-corrected chi connectivity index (χ3v) is 6.52. The maximum absolute atomic E-state index is 13.2. The molecule has 32 heavy (non-hydrogen) atoms. The minimum absolute atomic E-state index is 0.0475. The molecule has 0 aromatic heterocycles. The Hall–Kier alpha value is -2.04. The van der Waals surface area contributed by atoms with Crippen LogP contribution in [0.2, 0.25) is 10.0 Å². The predicted octanol–water partition coefficient (Wildman–Crippen LogP) is 6.38. The Kier molecular flexibility index (Phi) is 10.0. The number of nitrogens with one attached hydrogen (secondary N) is 1. The summed E-state index contributed by atoms with van der Waals surface area (Å²) in [7, 11) is 0. The molecule has 0 aliphatic heterocycles. The number of carbonyl (C=O) groups is 2. The van der Waals surface area contributed by atoms with Crippen molar-refractivity contribution >= 4 is 35.0 Å². The molecule has 0 saturated carbocycles. The van der Waals surface area contributed by atoms with Gasteiger partial charge in [0.2, 0.25) is 11.8 Å². The van der Waals surface area contributed by atoms with E-state index in [1.54, 1.807) is 24.0 Å². The van der Waals surface area contributed by atoms with Gasteiger partial charge in [0.05, 0.1) is 10.0 Å². The van der Waals surface area contributed by atoms with Crippen molar-refractivity contribution in [2.45, 2.75) is 78.4 Å². The van der Waals surface area contributed by atoms with E-state index in [0.29, 0.717) is 28.8 Å². The van der Waals surface area contributed by atoms with Gasteiger partial charge in [-0.15, -0.1) is 0 Å². The zero-order valence-electron chi connectivity index (χ0n) is 19.6. The summed E-state index contributed by atoms with van der Waals surface area (Å²) in [6.07, 6.45) is 1.77.